The van der Waals surface area contributed by atoms with Crippen molar-refractivity contribution in [3.05, 3.63) is 22.8 Å². The highest BCUT2D eigenvalue weighted by Gasteiger charge is 1.92. The van der Waals surface area contributed by atoms with E-state index in [9.17, 15) is 0 Å². The molecule has 0 aliphatic carbocycles. The van der Waals surface area contributed by atoms with Crippen molar-refractivity contribution in [1.29, 1.82) is 0 Å². The minimum absolute atomic E-state index is 0.967. The zero-order chi connectivity index (χ0) is 8.69. The van der Waals surface area contributed by atoms with E-state index < -0.39 is 0 Å². The maximum atomic E-state index is 5.84. The van der Waals surface area contributed by atoms with Gasteiger partial charge in [-0.1, -0.05) is 36.2 Å². The largest absolute Gasteiger partial charge is 0.0895 e. The maximum absolute atomic E-state index is 5.84. The van der Waals surface area contributed by atoms with Gasteiger partial charge in [0.25, 0.3) is 0 Å². The van der Waals surface area contributed by atoms with Crippen molar-refractivity contribution in [2.45, 2.75) is 40.0 Å². The Morgan fingerprint density at radius 3 is 2.45 bits per heavy atom. The van der Waals surface area contributed by atoms with Gasteiger partial charge < -0.3 is 0 Å². The van der Waals surface area contributed by atoms with E-state index in [-0.39, 0.29) is 0 Å². The molecule has 11 heavy (non-hydrogen) atoms. The van der Waals surface area contributed by atoms with Crippen LogP contribution in [0.3, 0.4) is 0 Å². The van der Waals surface area contributed by atoms with Crippen LogP contribution in [0.25, 0.3) is 0 Å². The second kappa shape index (κ2) is 6.48. The SMILES string of the molecule is C/C=C(/Cl)CC/C(C)=C\CC. The van der Waals surface area contributed by atoms with Gasteiger partial charge in [0.05, 0.1) is 0 Å². The molecular weight excluding hydrogens is 156 g/mol. The molecule has 0 spiro atoms. The van der Waals surface area contributed by atoms with E-state index in [1.807, 2.05) is 13.0 Å². The molecular formula is C10H17Cl. The average molecular weight is 173 g/mol. The van der Waals surface area contributed by atoms with Crippen LogP contribution in [-0.2, 0) is 0 Å². The molecule has 0 heterocycles. The van der Waals surface area contributed by atoms with Crippen LogP contribution in [0.1, 0.15) is 40.0 Å². The van der Waals surface area contributed by atoms with E-state index in [1.54, 1.807) is 0 Å². The van der Waals surface area contributed by atoms with Crippen molar-refractivity contribution in [3.63, 3.8) is 0 Å². The number of hydrogen-bond donors (Lipinski definition) is 0. The van der Waals surface area contributed by atoms with Crippen molar-refractivity contribution in [3.8, 4) is 0 Å². The molecule has 0 radical (unpaired) electrons. The summed E-state index contributed by atoms with van der Waals surface area (Å²) >= 11 is 5.84. The zero-order valence-electron chi connectivity index (χ0n) is 7.65. The van der Waals surface area contributed by atoms with Crippen LogP contribution in [0.5, 0.6) is 0 Å². The Bertz CT molecular complexity index is 154. The van der Waals surface area contributed by atoms with Crippen molar-refractivity contribution in [1.82, 2.24) is 0 Å². The number of hydrogen-bond acceptors (Lipinski definition) is 0. The fourth-order valence-corrected chi connectivity index (χ4v) is 1.01. The molecule has 0 aromatic rings. The molecule has 0 saturated carbocycles. The lowest BCUT2D eigenvalue weighted by atomic mass is 10.1. The van der Waals surface area contributed by atoms with Crippen molar-refractivity contribution in [2.24, 2.45) is 0 Å². The first-order valence-corrected chi connectivity index (χ1v) is 4.54. The van der Waals surface area contributed by atoms with Gasteiger partial charge in [-0.2, -0.15) is 0 Å². The second-order valence-electron chi connectivity index (χ2n) is 2.69. The van der Waals surface area contributed by atoms with Gasteiger partial charge >= 0.3 is 0 Å². The lowest BCUT2D eigenvalue weighted by molar-refractivity contribution is 0.947. The third-order valence-corrected chi connectivity index (χ3v) is 2.03. The quantitative estimate of drug-likeness (QED) is 0.556. The van der Waals surface area contributed by atoms with Crippen molar-refractivity contribution in [2.75, 3.05) is 0 Å². The molecule has 0 N–H and O–H groups in total. The van der Waals surface area contributed by atoms with Gasteiger partial charge in [-0.25, -0.2) is 0 Å². The van der Waals surface area contributed by atoms with E-state index in [0.717, 1.165) is 24.3 Å². The fourth-order valence-electron chi connectivity index (χ4n) is 0.911. The van der Waals surface area contributed by atoms with Crippen LogP contribution < -0.4 is 0 Å². The summed E-state index contributed by atoms with van der Waals surface area (Å²) < 4.78 is 0. The number of allylic oxidation sites excluding steroid dienone is 4. The highest BCUT2D eigenvalue weighted by atomic mass is 35.5. The van der Waals surface area contributed by atoms with Crippen LogP contribution >= 0.6 is 11.6 Å². The smallest absolute Gasteiger partial charge is 0.0141 e. The monoisotopic (exact) mass is 172 g/mol. The van der Waals surface area contributed by atoms with Crippen LogP contribution in [0.4, 0.5) is 0 Å². The third kappa shape index (κ3) is 6.18. The van der Waals surface area contributed by atoms with E-state index in [4.69, 9.17) is 11.6 Å². The normalized spacial score (nSPS) is 13.8. The summed E-state index contributed by atoms with van der Waals surface area (Å²) in [5.41, 5.74) is 1.44. The molecule has 0 amide bonds. The van der Waals surface area contributed by atoms with Crippen molar-refractivity contribution >= 4 is 11.6 Å². The second-order valence-corrected chi connectivity index (χ2v) is 3.18. The molecule has 0 aliphatic heterocycles. The Morgan fingerprint density at radius 1 is 1.36 bits per heavy atom. The van der Waals surface area contributed by atoms with Crippen molar-refractivity contribution < 1.29 is 0 Å². The molecule has 0 fully saturated rings. The molecule has 0 unspecified atom stereocenters. The van der Waals surface area contributed by atoms with Gasteiger partial charge in [-0.05, 0) is 33.1 Å². The van der Waals surface area contributed by atoms with Crippen LogP contribution in [0.15, 0.2) is 22.8 Å². The summed E-state index contributed by atoms with van der Waals surface area (Å²) in [6.07, 6.45) is 7.41. The zero-order valence-corrected chi connectivity index (χ0v) is 8.41. The first-order valence-electron chi connectivity index (χ1n) is 4.17. The van der Waals surface area contributed by atoms with Gasteiger partial charge in [0.15, 0.2) is 0 Å². The predicted molar refractivity (Wildman–Crippen MR) is 52.9 cm³/mol. The van der Waals surface area contributed by atoms with E-state index in [0.29, 0.717) is 0 Å². The summed E-state index contributed by atoms with van der Waals surface area (Å²) in [5, 5.41) is 0.967. The Hall–Kier alpha value is -0.230. The molecule has 0 aromatic heterocycles. The molecule has 0 aromatic carbocycles. The van der Waals surface area contributed by atoms with Gasteiger partial charge in [0.2, 0.25) is 0 Å². The molecule has 1 heteroatoms. The van der Waals surface area contributed by atoms with Crippen LogP contribution in [0, 0.1) is 0 Å². The molecule has 0 atom stereocenters. The predicted octanol–water partition coefficient (Wildman–Crippen LogP) is 4.27. The molecule has 0 rings (SSSR count). The Kier molecular flexibility index (Phi) is 6.34. The van der Waals surface area contributed by atoms with Gasteiger partial charge in [-0.15, -0.1) is 0 Å². The van der Waals surface area contributed by atoms with E-state index in [2.05, 4.69) is 19.9 Å². The minimum atomic E-state index is 0.967. The first kappa shape index (κ1) is 10.8. The topological polar surface area (TPSA) is 0 Å². The molecule has 0 saturated heterocycles. The molecule has 0 aliphatic rings. The van der Waals surface area contributed by atoms with E-state index >= 15 is 0 Å². The summed E-state index contributed by atoms with van der Waals surface area (Å²) in [6.45, 7) is 6.28. The van der Waals surface area contributed by atoms with Gasteiger partial charge in [-0.3, -0.25) is 0 Å². The summed E-state index contributed by atoms with van der Waals surface area (Å²) in [4.78, 5) is 0. The molecule has 0 nitrogen and oxygen atoms in total. The van der Waals surface area contributed by atoms with Crippen LogP contribution in [-0.4, -0.2) is 0 Å². The standard InChI is InChI=1S/C10H17Cl/c1-4-6-9(3)7-8-10(11)5-2/h5-6H,4,7-8H2,1-3H3/b9-6-,10-5+. The molecule has 64 valence electrons. The number of rotatable bonds is 4. The Balaban J connectivity index is 3.62. The highest BCUT2D eigenvalue weighted by molar-refractivity contribution is 6.29. The minimum Gasteiger partial charge on any atom is -0.0895 e. The lowest BCUT2D eigenvalue weighted by Gasteiger charge is -1.98. The Morgan fingerprint density at radius 2 is 2.00 bits per heavy atom. The van der Waals surface area contributed by atoms with Gasteiger partial charge in [0.1, 0.15) is 0 Å². The first-order chi connectivity index (χ1) is 5.20. The summed E-state index contributed by atoms with van der Waals surface area (Å²) in [7, 11) is 0. The number of halogens is 1. The van der Waals surface area contributed by atoms with Crippen LogP contribution in [0.2, 0.25) is 0 Å². The lowest BCUT2D eigenvalue weighted by Crippen LogP contribution is -1.78. The summed E-state index contributed by atoms with van der Waals surface area (Å²) in [5.74, 6) is 0. The fraction of sp³-hybridized carbons (Fsp3) is 0.600. The molecule has 0 bridgehead atoms. The Labute approximate surface area is 74.9 Å². The highest BCUT2D eigenvalue weighted by Crippen LogP contribution is 2.14. The summed E-state index contributed by atoms with van der Waals surface area (Å²) in [6, 6.07) is 0. The maximum Gasteiger partial charge on any atom is 0.0141 e. The average Bonchev–Trinajstić information content (AvgIpc) is 2.01. The van der Waals surface area contributed by atoms with E-state index in [1.165, 1.54) is 5.57 Å². The van der Waals surface area contributed by atoms with Gasteiger partial charge in [0, 0.05) is 5.03 Å². The third-order valence-electron chi connectivity index (χ3n) is 1.62.